The van der Waals surface area contributed by atoms with Gasteiger partial charge in [-0.3, -0.25) is 9.89 Å². The Hall–Kier alpha value is -1.92. The number of esters is 1. The molecule has 0 aromatic carbocycles. The second-order valence-corrected chi connectivity index (χ2v) is 4.72. The number of carbonyl (C=O) groups excluding carboxylic acids is 2. The van der Waals surface area contributed by atoms with Gasteiger partial charge in [-0.2, -0.15) is 0 Å². The molecule has 1 aromatic rings. The molecule has 2 N–H and O–H groups in total. The van der Waals surface area contributed by atoms with Crippen molar-refractivity contribution in [1.29, 1.82) is 0 Å². The first-order valence-corrected chi connectivity index (χ1v) is 6.83. The third-order valence-electron chi connectivity index (χ3n) is 3.18. The van der Waals surface area contributed by atoms with Crippen molar-refractivity contribution >= 4 is 11.9 Å². The average Bonchev–Trinajstić information content (AvgIpc) is 2.92. The highest BCUT2D eigenvalue weighted by atomic mass is 16.5. The number of nitrogens with one attached hydrogen (secondary N) is 2. The highest BCUT2D eigenvalue weighted by molar-refractivity contribution is 5.93. The van der Waals surface area contributed by atoms with E-state index in [1.165, 1.54) is 7.11 Å². The van der Waals surface area contributed by atoms with Gasteiger partial charge in [0.15, 0.2) is 0 Å². The summed E-state index contributed by atoms with van der Waals surface area (Å²) >= 11 is 0. The van der Waals surface area contributed by atoms with E-state index in [2.05, 4.69) is 20.5 Å². The molecule has 0 aliphatic carbocycles. The second kappa shape index (κ2) is 7.62. The van der Waals surface area contributed by atoms with Gasteiger partial charge in [0.25, 0.3) is 5.91 Å². The fourth-order valence-electron chi connectivity index (χ4n) is 1.75. The minimum atomic E-state index is -0.689. The molecule has 0 fully saturated rings. The van der Waals surface area contributed by atoms with Gasteiger partial charge in [-0.05, 0) is 12.3 Å². The van der Waals surface area contributed by atoms with Crippen LogP contribution in [0, 0.1) is 5.92 Å². The number of aromatic nitrogens is 3. The number of aryl methyl sites for hydroxylation is 1. The van der Waals surface area contributed by atoms with Crippen LogP contribution in [0.15, 0.2) is 0 Å². The number of amides is 1. The SMILES string of the molecule is CCCc1nc(C(=O)NC(C(=O)OC)C(C)CC)n[nH]1. The van der Waals surface area contributed by atoms with Crippen LogP contribution in [0.5, 0.6) is 0 Å². The number of hydrogen-bond donors (Lipinski definition) is 2. The Morgan fingerprint density at radius 2 is 2.10 bits per heavy atom. The van der Waals surface area contributed by atoms with E-state index >= 15 is 0 Å². The predicted molar refractivity (Wildman–Crippen MR) is 73.1 cm³/mol. The van der Waals surface area contributed by atoms with E-state index in [-0.39, 0.29) is 11.7 Å². The van der Waals surface area contributed by atoms with Crippen molar-refractivity contribution in [3.8, 4) is 0 Å². The predicted octanol–water partition coefficient (Wildman–Crippen LogP) is 1.07. The van der Waals surface area contributed by atoms with Crippen molar-refractivity contribution in [2.24, 2.45) is 5.92 Å². The van der Waals surface area contributed by atoms with Crippen molar-refractivity contribution in [1.82, 2.24) is 20.5 Å². The smallest absolute Gasteiger partial charge is 0.328 e. The molecule has 0 aliphatic heterocycles. The first-order valence-electron chi connectivity index (χ1n) is 6.83. The Morgan fingerprint density at radius 3 is 2.65 bits per heavy atom. The number of hydrogen-bond acceptors (Lipinski definition) is 5. The van der Waals surface area contributed by atoms with Gasteiger partial charge in [0, 0.05) is 6.42 Å². The van der Waals surface area contributed by atoms with E-state index in [1.54, 1.807) is 0 Å². The number of H-pyrrole nitrogens is 1. The summed E-state index contributed by atoms with van der Waals surface area (Å²) in [7, 11) is 1.30. The average molecular weight is 282 g/mol. The molecule has 0 bridgehead atoms. The summed E-state index contributed by atoms with van der Waals surface area (Å²) in [5, 5.41) is 9.20. The summed E-state index contributed by atoms with van der Waals surface area (Å²) in [4.78, 5) is 27.8. The maximum atomic E-state index is 12.0. The lowest BCUT2D eigenvalue weighted by molar-refractivity contribution is -0.144. The van der Waals surface area contributed by atoms with E-state index in [4.69, 9.17) is 4.74 Å². The number of ether oxygens (including phenoxy) is 1. The molecule has 0 saturated heterocycles. The Morgan fingerprint density at radius 1 is 1.40 bits per heavy atom. The lowest BCUT2D eigenvalue weighted by Crippen LogP contribution is -2.46. The largest absolute Gasteiger partial charge is 0.467 e. The maximum absolute atomic E-state index is 12.0. The minimum Gasteiger partial charge on any atom is -0.467 e. The third kappa shape index (κ3) is 4.04. The van der Waals surface area contributed by atoms with Crippen LogP contribution in [0.4, 0.5) is 0 Å². The molecule has 1 heterocycles. The van der Waals surface area contributed by atoms with Crippen LogP contribution in [-0.2, 0) is 16.0 Å². The highest BCUT2D eigenvalue weighted by Crippen LogP contribution is 2.10. The normalized spacial score (nSPS) is 13.6. The van der Waals surface area contributed by atoms with Gasteiger partial charge in [-0.25, -0.2) is 9.78 Å². The topological polar surface area (TPSA) is 97.0 Å². The van der Waals surface area contributed by atoms with Crippen LogP contribution in [-0.4, -0.2) is 40.2 Å². The Balaban J connectivity index is 2.76. The molecule has 1 rings (SSSR count). The molecule has 0 aliphatic rings. The van der Waals surface area contributed by atoms with Crippen molar-refractivity contribution in [2.75, 3.05) is 7.11 Å². The van der Waals surface area contributed by atoms with Crippen LogP contribution in [0.25, 0.3) is 0 Å². The van der Waals surface area contributed by atoms with Gasteiger partial charge in [0.05, 0.1) is 7.11 Å². The molecule has 2 unspecified atom stereocenters. The van der Waals surface area contributed by atoms with Gasteiger partial charge >= 0.3 is 5.97 Å². The van der Waals surface area contributed by atoms with E-state index in [1.807, 2.05) is 20.8 Å². The number of rotatable bonds is 7. The van der Waals surface area contributed by atoms with E-state index in [0.29, 0.717) is 5.82 Å². The van der Waals surface area contributed by atoms with E-state index in [9.17, 15) is 9.59 Å². The number of carbonyl (C=O) groups is 2. The molecule has 20 heavy (non-hydrogen) atoms. The van der Waals surface area contributed by atoms with Crippen LogP contribution in [0.1, 0.15) is 50.1 Å². The minimum absolute atomic E-state index is 0.0274. The van der Waals surface area contributed by atoms with Crippen LogP contribution in [0.2, 0.25) is 0 Å². The van der Waals surface area contributed by atoms with E-state index < -0.39 is 17.9 Å². The van der Waals surface area contributed by atoms with E-state index in [0.717, 1.165) is 19.3 Å². The summed E-state index contributed by atoms with van der Waals surface area (Å²) in [6, 6.07) is -0.689. The molecular weight excluding hydrogens is 260 g/mol. The first-order chi connectivity index (χ1) is 9.53. The van der Waals surface area contributed by atoms with Crippen LogP contribution < -0.4 is 5.32 Å². The second-order valence-electron chi connectivity index (χ2n) is 4.72. The number of aromatic amines is 1. The van der Waals surface area contributed by atoms with Gasteiger partial charge in [0.2, 0.25) is 5.82 Å². The maximum Gasteiger partial charge on any atom is 0.328 e. The van der Waals surface area contributed by atoms with Crippen molar-refractivity contribution < 1.29 is 14.3 Å². The lowest BCUT2D eigenvalue weighted by atomic mass is 9.99. The van der Waals surface area contributed by atoms with Gasteiger partial charge in [-0.1, -0.05) is 27.2 Å². The molecule has 0 spiro atoms. The molecule has 1 amide bonds. The Bertz CT molecular complexity index is 458. The number of methoxy groups -OCH3 is 1. The molecule has 2 atom stereocenters. The zero-order valence-corrected chi connectivity index (χ0v) is 12.4. The zero-order valence-electron chi connectivity index (χ0n) is 12.4. The number of nitrogens with zero attached hydrogens (tertiary/aromatic N) is 2. The molecular formula is C13H22N4O3. The summed E-state index contributed by atoms with van der Waals surface area (Å²) in [5.41, 5.74) is 0. The Kier molecular flexibility index (Phi) is 6.14. The monoisotopic (exact) mass is 282 g/mol. The quantitative estimate of drug-likeness (QED) is 0.729. The highest BCUT2D eigenvalue weighted by Gasteiger charge is 2.28. The molecule has 112 valence electrons. The summed E-state index contributed by atoms with van der Waals surface area (Å²) in [6.45, 7) is 5.83. The van der Waals surface area contributed by atoms with Crippen LogP contribution in [0.3, 0.4) is 0 Å². The molecule has 7 heteroatoms. The van der Waals surface area contributed by atoms with Gasteiger partial charge < -0.3 is 10.1 Å². The molecule has 7 nitrogen and oxygen atoms in total. The summed E-state index contributed by atoms with van der Waals surface area (Å²) in [6.07, 6.45) is 2.38. The lowest BCUT2D eigenvalue weighted by Gasteiger charge is -2.20. The van der Waals surface area contributed by atoms with Crippen molar-refractivity contribution in [3.05, 3.63) is 11.6 Å². The molecule has 1 aromatic heterocycles. The summed E-state index contributed by atoms with van der Waals surface area (Å²) in [5.74, 6) is -0.252. The van der Waals surface area contributed by atoms with Crippen LogP contribution >= 0.6 is 0 Å². The van der Waals surface area contributed by atoms with Crippen molar-refractivity contribution in [3.63, 3.8) is 0 Å². The summed E-state index contributed by atoms with van der Waals surface area (Å²) < 4.78 is 4.71. The molecule has 0 radical (unpaired) electrons. The van der Waals surface area contributed by atoms with Gasteiger partial charge in [0.1, 0.15) is 11.9 Å². The fraction of sp³-hybridized carbons (Fsp3) is 0.692. The van der Waals surface area contributed by atoms with Gasteiger partial charge in [-0.15, -0.1) is 5.10 Å². The standard InChI is InChI=1S/C13H22N4O3/c1-5-7-9-14-11(17-16-9)12(18)15-10(8(3)6-2)13(19)20-4/h8,10H,5-7H2,1-4H3,(H,15,18)(H,14,16,17). The van der Waals surface area contributed by atoms with Crippen molar-refractivity contribution in [2.45, 2.75) is 46.1 Å². The Labute approximate surface area is 118 Å². The fourth-order valence-corrected chi connectivity index (χ4v) is 1.75. The molecule has 0 saturated carbocycles. The zero-order chi connectivity index (χ0) is 15.1. The first kappa shape index (κ1) is 16.1. The third-order valence-corrected chi connectivity index (χ3v) is 3.18.